The van der Waals surface area contributed by atoms with Crippen molar-refractivity contribution in [2.45, 2.75) is 58.3 Å². The average molecular weight is 488 g/mol. The normalized spacial score (nSPS) is 26.1. The van der Waals surface area contributed by atoms with Crippen molar-refractivity contribution in [2.24, 2.45) is 11.3 Å². The second-order valence-corrected chi connectivity index (χ2v) is 10.7. The van der Waals surface area contributed by atoms with Crippen molar-refractivity contribution in [3.8, 4) is 5.75 Å². The van der Waals surface area contributed by atoms with Gasteiger partial charge in [-0.2, -0.15) is 0 Å². The van der Waals surface area contributed by atoms with Crippen molar-refractivity contribution in [3.63, 3.8) is 0 Å². The van der Waals surface area contributed by atoms with E-state index >= 15 is 0 Å². The van der Waals surface area contributed by atoms with Gasteiger partial charge in [-0.25, -0.2) is 4.98 Å². The molecule has 0 radical (unpaired) electrons. The number of hydrogen-bond acceptors (Lipinski definition) is 4. The number of benzene rings is 1. The van der Waals surface area contributed by atoms with Gasteiger partial charge in [0.2, 0.25) is 5.91 Å². The first-order valence-electron chi connectivity index (χ1n) is 11.1. The molecule has 4 heterocycles. The van der Waals surface area contributed by atoms with Crippen LogP contribution in [0.5, 0.6) is 5.75 Å². The second kappa shape index (κ2) is 7.62. The van der Waals surface area contributed by atoms with Crippen LogP contribution >= 0.6 is 15.9 Å². The number of likely N-dealkylation sites (tertiary alicyclic amines) is 1. The molecular weight excluding hydrogens is 458 g/mol. The lowest BCUT2D eigenvalue weighted by Crippen LogP contribution is -2.55. The van der Waals surface area contributed by atoms with E-state index in [4.69, 9.17) is 9.47 Å². The highest BCUT2D eigenvalue weighted by atomic mass is 79.9. The Hall–Kier alpha value is -1.86. The van der Waals surface area contributed by atoms with Gasteiger partial charge >= 0.3 is 0 Å². The smallest absolute Gasteiger partial charge is 0.242 e. The van der Waals surface area contributed by atoms with Crippen molar-refractivity contribution in [1.29, 1.82) is 0 Å². The predicted molar refractivity (Wildman–Crippen MR) is 121 cm³/mol. The minimum atomic E-state index is -0.305. The molecule has 2 saturated heterocycles. The van der Waals surface area contributed by atoms with Crippen LogP contribution < -0.4 is 4.74 Å². The van der Waals surface area contributed by atoms with Crippen LogP contribution in [-0.2, 0) is 16.1 Å². The van der Waals surface area contributed by atoms with Gasteiger partial charge in [0.15, 0.2) is 0 Å². The summed E-state index contributed by atoms with van der Waals surface area (Å²) >= 11 is 3.64. The fraction of sp³-hybridized carbons (Fsp3) is 0.583. The van der Waals surface area contributed by atoms with Crippen molar-refractivity contribution in [3.05, 3.63) is 46.5 Å². The van der Waals surface area contributed by atoms with Crippen molar-refractivity contribution >= 4 is 21.8 Å². The van der Waals surface area contributed by atoms with Gasteiger partial charge in [0.1, 0.15) is 23.7 Å². The molecule has 2 aromatic rings. The molecule has 0 aliphatic carbocycles. The molecule has 1 aromatic heterocycles. The highest BCUT2D eigenvalue weighted by Crippen LogP contribution is 2.56. The zero-order valence-corrected chi connectivity index (χ0v) is 20.0. The van der Waals surface area contributed by atoms with E-state index < -0.39 is 0 Å². The van der Waals surface area contributed by atoms with Crippen LogP contribution in [0, 0.1) is 18.3 Å². The Labute approximate surface area is 192 Å². The zero-order chi connectivity index (χ0) is 21.8. The first kappa shape index (κ1) is 21.0. The van der Waals surface area contributed by atoms with Gasteiger partial charge in [-0.3, -0.25) is 4.79 Å². The molecule has 0 N–H and O–H groups in total. The maximum absolute atomic E-state index is 12.8. The Morgan fingerprint density at radius 3 is 2.77 bits per heavy atom. The predicted octanol–water partition coefficient (Wildman–Crippen LogP) is 4.51. The SMILES string of the molecule is Cc1nccn1CC(=O)N1CCC2(CC1)COC1c3cccc(Br)c3OC(C)(C)C1C2. The highest BCUT2D eigenvalue weighted by Gasteiger charge is 2.53. The largest absolute Gasteiger partial charge is 0.486 e. The fourth-order valence-corrected chi connectivity index (χ4v) is 5.99. The number of nitrogens with zero attached hydrogens (tertiary/aromatic N) is 3. The maximum Gasteiger partial charge on any atom is 0.242 e. The average Bonchev–Trinajstić information content (AvgIpc) is 3.14. The third-order valence-corrected chi connectivity index (χ3v) is 8.18. The van der Waals surface area contributed by atoms with E-state index in [2.05, 4.69) is 46.9 Å². The Bertz CT molecular complexity index is 994. The molecule has 0 saturated carbocycles. The molecule has 1 amide bonds. The molecule has 2 fully saturated rings. The quantitative estimate of drug-likeness (QED) is 0.624. The molecular formula is C24H30BrN3O3. The summed E-state index contributed by atoms with van der Waals surface area (Å²) in [5, 5.41) is 0. The van der Waals surface area contributed by atoms with Gasteiger partial charge in [-0.15, -0.1) is 0 Å². The lowest BCUT2D eigenvalue weighted by atomic mass is 9.64. The number of fused-ring (bicyclic) bond motifs is 3. The number of piperidine rings is 1. The van der Waals surface area contributed by atoms with E-state index in [0.29, 0.717) is 12.5 Å². The van der Waals surface area contributed by atoms with Gasteiger partial charge in [0.05, 0.1) is 17.2 Å². The number of hydrogen-bond donors (Lipinski definition) is 0. The Morgan fingerprint density at radius 1 is 1.29 bits per heavy atom. The first-order chi connectivity index (χ1) is 14.8. The van der Waals surface area contributed by atoms with Crippen LogP contribution in [0.4, 0.5) is 0 Å². The van der Waals surface area contributed by atoms with Crippen molar-refractivity contribution in [2.75, 3.05) is 19.7 Å². The molecule has 5 rings (SSSR count). The molecule has 0 bridgehead atoms. The molecule has 2 unspecified atom stereocenters. The number of aryl methyl sites for hydroxylation is 1. The number of halogens is 1. The summed E-state index contributed by atoms with van der Waals surface area (Å²) in [7, 11) is 0. The molecule has 2 atom stereocenters. The minimum absolute atomic E-state index is 0.0609. The van der Waals surface area contributed by atoms with E-state index in [0.717, 1.165) is 60.6 Å². The number of para-hydroxylation sites is 1. The topological polar surface area (TPSA) is 56.6 Å². The molecule has 31 heavy (non-hydrogen) atoms. The van der Waals surface area contributed by atoms with E-state index in [1.165, 1.54) is 0 Å². The van der Waals surface area contributed by atoms with Gasteiger partial charge < -0.3 is 18.9 Å². The van der Waals surface area contributed by atoms with E-state index in [1.807, 2.05) is 28.7 Å². The Balaban J connectivity index is 1.28. The lowest BCUT2D eigenvalue weighted by molar-refractivity contribution is -0.176. The molecule has 7 heteroatoms. The number of imidazole rings is 1. The molecule has 1 aromatic carbocycles. The Kier molecular flexibility index (Phi) is 5.17. The summed E-state index contributed by atoms with van der Waals surface area (Å²) in [4.78, 5) is 19.0. The van der Waals surface area contributed by atoms with Crippen LogP contribution in [0.3, 0.4) is 0 Å². The van der Waals surface area contributed by atoms with Crippen LogP contribution in [-0.4, -0.2) is 45.7 Å². The number of amides is 1. The van der Waals surface area contributed by atoms with Crippen LogP contribution in [0.15, 0.2) is 35.1 Å². The van der Waals surface area contributed by atoms with Crippen LogP contribution in [0.1, 0.15) is 50.6 Å². The summed E-state index contributed by atoms with van der Waals surface area (Å²) < 4.78 is 16.0. The van der Waals surface area contributed by atoms with Gasteiger partial charge in [-0.05, 0) is 67.4 Å². The number of ether oxygens (including phenoxy) is 2. The number of carbonyl (C=O) groups is 1. The highest BCUT2D eigenvalue weighted by molar-refractivity contribution is 9.10. The summed E-state index contributed by atoms with van der Waals surface area (Å²) in [6, 6.07) is 6.21. The molecule has 3 aliphatic heterocycles. The third kappa shape index (κ3) is 3.69. The second-order valence-electron chi connectivity index (χ2n) is 9.89. The summed E-state index contributed by atoms with van der Waals surface area (Å²) in [6.45, 7) is 8.99. The standard InChI is InChI=1S/C24H30BrN3O3/c1-16-26-9-12-28(16)14-20(29)27-10-7-24(8-11-27)13-18-21(30-15-24)17-5-4-6-19(25)22(17)31-23(18,2)3/h4-6,9,12,18,21H,7-8,10-11,13-15H2,1-3H3. The van der Waals surface area contributed by atoms with Gasteiger partial charge in [0, 0.05) is 37.0 Å². The van der Waals surface area contributed by atoms with E-state index in [1.54, 1.807) is 6.20 Å². The van der Waals surface area contributed by atoms with Gasteiger partial charge in [-0.1, -0.05) is 12.1 Å². The maximum atomic E-state index is 12.8. The zero-order valence-electron chi connectivity index (χ0n) is 18.4. The number of carbonyl (C=O) groups excluding carboxylic acids is 1. The van der Waals surface area contributed by atoms with Crippen LogP contribution in [0.25, 0.3) is 0 Å². The molecule has 166 valence electrons. The number of rotatable bonds is 2. The molecule has 3 aliphatic rings. The number of aromatic nitrogens is 2. The monoisotopic (exact) mass is 487 g/mol. The summed E-state index contributed by atoms with van der Waals surface area (Å²) in [5.74, 6) is 2.25. The summed E-state index contributed by atoms with van der Waals surface area (Å²) in [5.41, 5.74) is 0.963. The van der Waals surface area contributed by atoms with E-state index in [9.17, 15) is 4.79 Å². The van der Waals surface area contributed by atoms with Crippen LogP contribution in [0.2, 0.25) is 0 Å². The van der Waals surface area contributed by atoms with E-state index in [-0.39, 0.29) is 23.0 Å². The Morgan fingerprint density at radius 2 is 2.06 bits per heavy atom. The molecule has 1 spiro atoms. The third-order valence-electron chi connectivity index (χ3n) is 7.56. The van der Waals surface area contributed by atoms with Crippen molar-refractivity contribution < 1.29 is 14.3 Å². The minimum Gasteiger partial charge on any atom is -0.486 e. The fourth-order valence-electron chi connectivity index (χ4n) is 5.52. The summed E-state index contributed by atoms with van der Waals surface area (Å²) in [6.07, 6.45) is 6.70. The van der Waals surface area contributed by atoms with Gasteiger partial charge in [0.25, 0.3) is 0 Å². The first-order valence-corrected chi connectivity index (χ1v) is 11.9. The molecule has 6 nitrogen and oxygen atoms in total. The van der Waals surface area contributed by atoms with Crippen molar-refractivity contribution in [1.82, 2.24) is 14.5 Å². The lowest BCUT2D eigenvalue weighted by Gasteiger charge is -2.54.